The van der Waals surface area contributed by atoms with Crippen molar-refractivity contribution < 1.29 is 40.9 Å². The first-order valence-corrected chi connectivity index (χ1v) is 19.0. The standard InChI is InChI=1S/C33H47N5O9S2/c1-23-18-38(24(2)21-39)33(40)29-17-26(35-48(41,42)32-20-36(4)22-34-32)10-15-30(29)47-25(3)9-7-8-16-46-31(23)19-37(5)49(43,44)28-13-11-27(45-6)12-14-28/h10-15,17,20,22-25,31,35,39H,7-9,16,18-19,21H2,1-6H3/t23-,24+,25-,31+/m1/s1. The maximum Gasteiger partial charge on any atom is 0.280 e. The van der Waals surface area contributed by atoms with Gasteiger partial charge in [0.2, 0.25) is 10.0 Å². The van der Waals surface area contributed by atoms with Crippen LogP contribution in [0.3, 0.4) is 0 Å². The highest BCUT2D eigenvalue weighted by Gasteiger charge is 2.33. The molecule has 1 amide bonds. The van der Waals surface area contributed by atoms with E-state index in [1.807, 2.05) is 13.8 Å². The summed E-state index contributed by atoms with van der Waals surface area (Å²) in [5, 5.41) is 10.0. The highest BCUT2D eigenvalue weighted by atomic mass is 32.2. The number of carbonyl (C=O) groups excluding carboxylic acids is 1. The number of sulfonamides is 2. The number of methoxy groups -OCH3 is 1. The summed E-state index contributed by atoms with van der Waals surface area (Å²) in [5.41, 5.74) is 0.237. The zero-order valence-corrected chi connectivity index (χ0v) is 30.4. The second-order valence-corrected chi connectivity index (χ2v) is 16.1. The van der Waals surface area contributed by atoms with Crippen LogP contribution in [-0.2, 0) is 31.8 Å². The van der Waals surface area contributed by atoms with Crippen LogP contribution in [0.1, 0.15) is 50.4 Å². The van der Waals surface area contributed by atoms with Crippen molar-refractivity contribution in [1.82, 2.24) is 18.8 Å². The van der Waals surface area contributed by atoms with E-state index in [0.717, 1.165) is 6.42 Å². The lowest BCUT2D eigenvalue weighted by Crippen LogP contribution is -2.48. The number of imidazole rings is 1. The third-order valence-electron chi connectivity index (χ3n) is 8.46. The summed E-state index contributed by atoms with van der Waals surface area (Å²) in [5.74, 6) is -0.0735. The Kier molecular flexibility index (Phi) is 12.7. The number of nitrogens with zero attached hydrogens (tertiary/aromatic N) is 4. The maximum atomic E-state index is 14.4. The van der Waals surface area contributed by atoms with E-state index in [1.165, 1.54) is 64.7 Å². The van der Waals surface area contributed by atoms with Gasteiger partial charge < -0.3 is 28.8 Å². The Morgan fingerprint density at radius 1 is 1.12 bits per heavy atom. The van der Waals surface area contributed by atoms with Crippen LogP contribution < -0.4 is 14.2 Å². The predicted molar refractivity (Wildman–Crippen MR) is 184 cm³/mol. The van der Waals surface area contributed by atoms with Crippen molar-refractivity contribution >= 4 is 31.6 Å². The lowest BCUT2D eigenvalue weighted by molar-refractivity contribution is -0.00833. The lowest BCUT2D eigenvalue weighted by Gasteiger charge is -2.35. The number of aliphatic hydroxyl groups is 1. The topological polar surface area (TPSA) is 170 Å². The molecule has 3 aromatic rings. The number of aromatic nitrogens is 2. The minimum atomic E-state index is -4.06. The van der Waals surface area contributed by atoms with E-state index < -0.39 is 38.1 Å². The Hall–Kier alpha value is -3.70. The Morgan fingerprint density at radius 2 is 1.84 bits per heavy atom. The molecule has 4 rings (SSSR count). The number of hydrogen-bond acceptors (Lipinski definition) is 10. The fourth-order valence-corrected chi connectivity index (χ4v) is 7.68. The average molecular weight is 722 g/mol. The van der Waals surface area contributed by atoms with Gasteiger partial charge in [-0.15, -0.1) is 0 Å². The fraction of sp³-hybridized carbons (Fsp3) is 0.515. The van der Waals surface area contributed by atoms with Gasteiger partial charge in [0.05, 0.1) is 48.8 Å². The number of anilines is 1. The molecule has 49 heavy (non-hydrogen) atoms. The normalized spacial score (nSPS) is 20.6. The number of benzene rings is 2. The summed E-state index contributed by atoms with van der Waals surface area (Å²) < 4.78 is 76.1. The molecule has 270 valence electrons. The van der Waals surface area contributed by atoms with Crippen molar-refractivity contribution in [3.63, 3.8) is 0 Å². The number of rotatable bonds is 10. The number of aliphatic hydroxyl groups excluding tert-OH is 1. The number of hydrogen-bond donors (Lipinski definition) is 2. The average Bonchev–Trinajstić information content (AvgIpc) is 3.53. The molecule has 0 aliphatic carbocycles. The van der Waals surface area contributed by atoms with Crippen LogP contribution in [0.5, 0.6) is 11.5 Å². The molecule has 0 fully saturated rings. The van der Waals surface area contributed by atoms with Gasteiger partial charge in [-0.1, -0.05) is 6.92 Å². The van der Waals surface area contributed by atoms with Crippen molar-refractivity contribution in [3.05, 3.63) is 60.6 Å². The summed E-state index contributed by atoms with van der Waals surface area (Å²) in [4.78, 5) is 19.9. The first-order chi connectivity index (χ1) is 23.2. The summed E-state index contributed by atoms with van der Waals surface area (Å²) in [7, 11) is -3.29. The van der Waals surface area contributed by atoms with Gasteiger partial charge in [-0.05, 0) is 75.6 Å². The largest absolute Gasteiger partial charge is 0.497 e. The van der Waals surface area contributed by atoms with Gasteiger partial charge in [-0.25, -0.2) is 13.4 Å². The molecule has 14 nitrogen and oxygen atoms in total. The van der Waals surface area contributed by atoms with Crippen molar-refractivity contribution in [1.29, 1.82) is 0 Å². The quantitative estimate of drug-likeness (QED) is 0.317. The smallest absolute Gasteiger partial charge is 0.280 e. The second kappa shape index (κ2) is 16.3. The van der Waals surface area contributed by atoms with Gasteiger partial charge in [0.1, 0.15) is 11.5 Å². The Labute approximate surface area is 289 Å². The molecule has 1 aromatic heterocycles. The fourth-order valence-electron chi connectivity index (χ4n) is 5.46. The van der Waals surface area contributed by atoms with Gasteiger partial charge in [0.15, 0.2) is 5.03 Å². The zero-order valence-electron chi connectivity index (χ0n) is 28.8. The van der Waals surface area contributed by atoms with Crippen LogP contribution in [0.2, 0.25) is 0 Å². The van der Waals surface area contributed by atoms with Gasteiger partial charge >= 0.3 is 0 Å². The first kappa shape index (κ1) is 38.1. The van der Waals surface area contributed by atoms with Crippen molar-refractivity contribution in [3.8, 4) is 11.5 Å². The number of likely N-dealkylation sites (N-methyl/N-ethyl adjacent to an activating group) is 1. The number of fused-ring (bicyclic) bond motifs is 1. The molecule has 0 unspecified atom stereocenters. The van der Waals surface area contributed by atoms with Crippen molar-refractivity contribution in [2.24, 2.45) is 13.0 Å². The van der Waals surface area contributed by atoms with Crippen LogP contribution in [0, 0.1) is 5.92 Å². The maximum absolute atomic E-state index is 14.4. The Morgan fingerprint density at radius 3 is 2.47 bits per heavy atom. The van der Waals surface area contributed by atoms with E-state index in [4.69, 9.17) is 14.2 Å². The zero-order chi connectivity index (χ0) is 35.9. The molecule has 1 aliphatic heterocycles. The number of amides is 1. The molecule has 2 aromatic carbocycles. The molecule has 0 saturated carbocycles. The monoisotopic (exact) mass is 721 g/mol. The van der Waals surface area contributed by atoms with Crippen LogP contribution >= 0.6 is 0 Å². The van der Waals surface area contributed by atoms with Gasteiger partial charge in [-0.2, -0.15) is 12.7 Å². The van der Waals surface area contributed by atoms with E-state index in [2.05, 4.69) is 9.71 Å². The molecule has 1 aliphatic rings. The SMILES string of the molecule is COc1ccc(S(=O)(=O)N(C)C[C@@H]2OCCCC[C@@H](C)Oc3ccc(NS(=O)(=O)c4cn(C)cn4)cc3C(=O)N([C@@H](C)CO)C[C@H]2C)cc1. The lowest BCUT2D eigenvalue weighted by atomic mass is 10.0. The van der Waals surface area contributed by atoms with E-state index in [9.17, 15) is 26.7 Å². The summed E-state index contributed by atoms with van der Waals surface area (Å²) in [6, 6.07) is 9.98. The minimum Gasteiger partial charge on any atom is -0.497 e. The summed E-state index contributed by atoms with van der Waals surface area (Å²) in [6.45, 7) is 5.58. The van der Waals surface area contributed by atoms with E-state index in [1.54, 1.807) is 32.2 Å². The third-order valence-corrected chi connectivity index (χ3v) is 11.6. The number of nitrogens with one attached hydrogen (secondary N) is 1. The summed E-state index contributed by atoms with van der Waals surface area (Å²) >= 11 is 0. The van der Waals surface area contributed by atoms with Gasteiger partial charge in [0.25, 0.3) is 15.9 Å². The van der Waals surface area contributed by atoms with Crippen molar-refractivity contribution in [2.45, 2.75) is 68.2 Å². The molecule has 0 bridgehead atoms. The second-order valence-electron chi connectivity index (χ2n) is 12.5. The van der Waals surface area contributed by atoms with Crippen LogP contribution in [-0.4, -0.2) is 105 Å². The number of ether oxygens (including phenoxy) is 3. The molecule has 2 heterocycles. The third kappa shape index (κ3) is 9.51. The Bertz CT molecular complexity index is 1780. The number of carbonyl (C=O) groups is 1. The molecule has 0 saturated heterocycles. The van der Waals surface area contributed by atoms with Crippen LogP contribution in [0.15, 0.2) is 64.9 Å². The highest BCUT2D eigenvalue weighted by molar-refractivity contribution is 7.92. The van der Waals surface area contributed by atoms with E-state index in [-0.39, 0.29) is 58.6 Å². The summed E-state index contributed by atoms with van der Waals surface area (Å²) in [6.07, 6.45) is 3.94. The van der Waals surface area contributed by atoms with E-state index in [0.29, 0.717) is 25.2 Å². The molecule has 4 atom stereocenters. The van der Waals surface area contributed by atoms with E-state index >= 15 is 0 Å². The predicted octanol–water partition coefficient (Wildman–Crippen LogP) is 3.35. The molecule has 0 radical (unpaired) electrons. The van der Waals surface area contributed by atoms with Crippen LogP contribution in [0.4, 0.5) is 5.69 Å². The van der Waals surface area contributed by atoms with Crippen molar-refractivity contribution in [2.75, 3.05) is 45.2 Å². The first-order valence-electron chi connectivity index (χ1n) is 16.1. The molecule has 16 heteroatoms. The Balaban J connectivity index is 1.66. The van der Waals surface area contributed by atoms with Gasteiger partial charge in [-0.3, -0.25) is 9.52 Å². The molecule has 0 spiro atoms. The number of aryl methyl sites for hydroxylation is 1. The highest BCUT2D eigenvalue weighted by Crippen LogP contribution is 2.30. The minimum absolute atomic E-state index is 0.0145. The molecular formula is C33H47N5O9S2. The molecule has 2 N–H and O–H groups in total. The molecular weight excluding hydrogens is 675 g/mol. The van der Waals surface area contributed by atoms with Crippen LogP contribution in [0.25, 0.3) is 0 Å². The van der Waals surface area contributed by atoms with Gasteiger partial charge in [0, 0.05) is 51.6 Å².